The van der Waals surface area contributed by atoms with Gasteiger partial charge in [0.25, 0.3) is 0 Å². The van der Waals surface area contributed by atoms with Gasteiger partial charge in [-0.3, -0.25) is 0 Å². The van der Waals surface area contributed by atoms with Crippen LogP contribution in [0.3, 0.4) is 0 Å². The highest BCUT2D eigenvalue weighted by molar-refractivity contribution is 4.49. The Balaban J connectivity index is -0.000000263. The minimum Gasteiger partial charge on any atom is -1.00 e. The van der Waals surface area contributed by atoms with E-state index in [1.165, 1.54) is 141 Å². The van der Waals surface area contributed by atoms with Crippen LogP contribution in [0.5, 0.6) is 0 Å². The second-order valence-corrected chi connectivity index (χ2v) is 12.3. The third-order valence-corrected chi connectivity index (χ3v) is 6.58. The predicted molar refractivity (Wildman–Crippen MR) is 163 cm³/mol. The molecule has 36 heavy (non-hydrogen) atoms. The number of aliphatic hydroxyl groups excluding tert-OH is 1. The number of unbranched alkanes of at least 4 members (excludes halogenated alkanes) is 18. The van der Waals surface area contributed by atoms with Gasteiger partial charge in [0, 0.05) is 6.61 Å². The van der Waals surface area contributed by atoms with Crippen LogP contribution in [0.25, 0.3) is 0 Å². The largest absolute Gasteiger partial charge is 1.00 e. The first-order valence-corrected chi connectivity index (χ1v) is 16.2. The predicted octanol–water partition coefficient (Wildman–Crippen LogP) is 7.96. The molecule has 0 fully saturated rings. The summed E-state index contributed by atoms with van der Waals surface area (Å²) in [7, 11) is 6.88. The van der Waals surface area contributed by atoms with E-state index in [2.05, 4.69) is 55.8 Å². The molecule has 0 heterocycles. The zero-order chi connectivity index (χ0) is 27.0. The summed E-state index contributed by atoms with van der Waals surface area (Å²) in [6.07, 6.45) is 30.7. The summed E-state index contributed by atoms with van der Waals surface area (Å²) in [4.78, 5) is 0. The Hall–Kier alpha value is 0.400. The van der Waals surface area contributed by atoms with Gasteiger partial charge in [-0.25, -0.2) is 0 Å². The van der Waals surface area contributed by atoms with Crippen molar-refractivity contribution >= 4 is 0 Å². The van der Waals surface area contributed by atoms with Crippen molar-refractivity contribution in [3.05, 3.63) is 0 Å². The molecular weight excluding hydrogens is 506 g/mol. The van der Waals surface area contributed by atoms with Crippen LogP contribution in [0.4, 0.5) is 0 Å². The van der Waals surface area contributed by atoms with Gasteiger partial charge in [-0.2, -0.15) is 0 Å². The van der Waals surface area contributed by atoms with Crippen LogP contribution >= 0.6 is 0 Å². The highest BCUT2D eigenvalue weighted by Gasteiger charge is 2.04. The van der Waals surface area contributed by atoms with Crippen molar-refractivity contribution in [1.82, 2.24) is 0 Å². The second-order valence-electron chi connectivity index (χ2n) is 12.3. The second kappa shape index (κ2) is 37.6. The molecule has 0 spiro atoms. The molecule has 0 unspecified atom stereocenters. The average Bonchev–Trinajstić information content (AvgIpc) is 2.80. The maximum Gasteiger partial charge on any atom is 0.0780 e. The van der Waals surface area contributed by atoms with Crippen molar-refractivity contribution in [3.63, 3.8) is 0 Å². The monoisotopic (exact) mass is 579 g/mol. The molecule has 0 saturated heterocycles. The normalized spacial score (nSPS) is 10.8. The minimum atomic E-state index is 0. The molecule has 0 bridgehead atoms. The molecule has 0 aromatic heterocycles. The molecule has 0 aliphatic rings. The number of quaternary nitrogens is 1. The molecule has 0 radical (unpaired) electrons. The van der Waals surface area contributed by atoms with E-state index in [4.69, 9.17) is 5.11 Å². The molecule has 0 aromatic carbocycles. The number of nitrogens with zero attached hydrogens (tertiary/aromatic N) is 1. The Morgan fingerprint density at radius 1 is 0.472 bits per heavy atom. The lowest BCUT2D eigenvalue weighted by molar-refractivity contribution is -0.870. The van der Waals surface area contributed by atoms with Gasteiger partial charge in [0.2, 0.25) is 0 Å². The van der Waals surface area contributed by atoms with E-state index in [0.717, 1.165) is 16.8 Å². The Kier molecular flexibility index (Phi) is 45.3. The van der Waals surface area contributed by atoms with Crippen LogP contribution in [0.15, 0.2) is 0 Å². The fourth-order valence-electron chi connectivity index (χ4n) is 4.12. The smallest absolute Gasteiger partial charge is 0.0780 e. The summed E-state index contributed by atoms with van der Waals surface area (Å²) in [5.74, 6) is 0.904. The standard InChI is InChI=1S/C19H42N.C8H18.C6H14O.BrH/c1-5-6-7-8-9-10-11-12-13-14-15-16-17-18-19-20(2,3)4;1-4-5-6-7-8(2)3;1-2-3-4-5-6-7;/h5-19H2,1-4H3;8H,4-7H2,1-3H3;7H,2-6H2,1H3;1H/q+1;;;/p-1. The van der Waals surface area contributed by atoms with Crippen molar-refractivity contribution < 1.29 is 26.6 Å². The molecule has 0 aliphatic heterocycles. The number of rotatable bonds is 23. The maximum atomic E-state index is 8.29. The van der Waals surface area contributed by atoms with Crippen LogP contribution in [0.1, 0.15) is 176 Å². The van der Waals surface area contributed by atoms with Crippen molar-refractivity contribution in [2.75, 3.05) is 34.3 Å². The van der Waals surface area contributed by atoms with Gasteiger partial charge in [-0.1, -0.05) is 157 Å². The Bertz CT molecular complexity index is 337. The molecule has 0 aliphatic carbocycles. The van der Waals surface area contributed by atoms with E-state index in [9.17, 15) is 0 Å². The first-order chi connectivity index (χ1) is 16.7. The van der Waals surface area contributed by atoms with Gasteiger partial charge in [0.1, 0.15) is 0 Å². The summed E-state index contributed by atoms with van der Waals surface area (Å²) < 4.78 is 1.12. The van der Waals surface area contributed by atoms with E-state index in [-0.39, 0.29) is 17.0 Å². The number of aliphatic hydroxyl groups is 1. The van der Waals surface area contributed by atoms with Gasteiger partial charge in [0.05, 0.1) is 27.7 Å². The van der Waals surface area contributed by atoms with Crippen LogP contribution in [-0.2, 0) is 0 Å². The zero-order valence-electron chi connectivity index (χ0n) is 26.8. The quantitative estimate of drug-likeness (QED) is 0.0960. The van der Waals surface area contributed by atoms with E-state index in [1.54, 1.807) is 0 Å². The Morgan fingerprint density at radius 2 is 0.778 bits per heavy atom. The third-order valence-electron chi connectivity index (χ3n) is 6.58. The van der Waals surface area contributed by atoms with Gasteiger partial charge in [-0.05, 0) is 25.2 Å². The van der Waals surface area contributed by atoms with Crippen molar-refractivity contribution in [2.45, 2.75) is 176 Å². The fourth-order valence-corrected chi connectivity index (χ4v) is 4.12. The molecule has 1 N–H and O–H groups in total. The van der Waals surface area contributed by atoms with E-state index in [1.807, 2.05) is 0 Å². The Labute approximate surface area is 242 Å². The number of hydrogen-bond acceptors (Lipinski definition) is 1. The highest BCUT2D eigenvalue weighted by atomic mass is 79.9. The third kappa shape index (κ3) is 55.1. The minimum absolute atomic E-state index is 0. The van der Waals surface area contributed by atoms with Crippen LogP contribution in [0.2, 0.25) is 0 Å². The van der Waals surface area contributed by atoms with E-state index in [0.29, 0.717) is 6.61 Å². The molecule has 0 atom stereocenters. The van der Waals surface area contributed by atoms with E-state index >= 15 is 0 Å². The highest BCUT2D eigenvalue weighted by Crippen LogP contribution is 2.13. The molecule has 0 amide bonds. The number of halogens is 1. The maximum absolute atomic E-state index is 8.29. The van der Waals surface area contributed by atoms with E-state index < -0.39 is 0 Å². The summed E-state index contributed by atoms with van der Waals surface area (Å²) in [5, 5.41) is 8.29. The SMILES string of the molecule is CCCCCC(C)C.CCCCCCCCCCCCCCCC[N+](C)(C)C.CCCCCCO.[Br-]. The molecule has 3 heteroatoms. The molecule has 0 rings (SSSR count). The van der Waals surface area contributed by atoms with Crippen molar-refractivity contribution in [1.29, 1.82) is 0 Å². The number of hydrogen-bond donors (Lipinski definition) is 1. The lowest BCUT2D eigenvalue weighted by Gasteiger charge is -2.23. The van der Waals surface area contributed by atoms with Crippen LogP contribution < -0.4 is 17.0 Å². The topological polar surface area (TPSA) is 20.2 Å². The summed E-state index contributed by atoms with van der Waals surface area (Å²) in [6, 6.07) is 0. The molecule has 0 aromatic rings. The Morgan fingerprint density at radius 3 is 1.08 bits per heavy atom. The molecule has 0 saturated carbocycles. The first-order valence-electron chi connectivity index (χ1n) is 16.2. The van der Waals surface area contributed by atoms with Gasteiger partial charge >= 0.3 is 0 Å². The fraction of sp³-hybridized carbons (Fsp3) is 1.00. The lowest BCUT2D eigenvalue weighted by atomic mass is 10.0. The van der Waals surface area contributed by atoms with Crippen molar-refractivity contribution in [3.8, 4) is 0 Å². The van der Waals surface area contributed by atoms with Gasteiger partial charge in [0.15, 0.2) is 0 Å². The summed E-state index contributed by atoms with van der Waals surface area (Å²) in [5.41, 5.74) is 0. The summed E-state index contributed by atoms with van der Waals surface area (Å²) in [6.45, 7) is 13.0. The zero-order valence-corrected chi connectivity index (χ0v) is 28.4. The van der Waals surface area contributed by atoms with Crippen molar-refractivity contribution in [2.24, 2.45) is 5.92 Å². The molecule has 224 valence electrons. The van der Waals surface area contributed by atoms with Crippen LogP contribution in [0, 0.1) is 5.92 Å². The van der Waals surface area contributed by atoms with Gasteiger partial charge in [-0.15, -0.1) is 0 Å². The molecule has 2 nitrogen and oxygen atoms in total. The first kappa shape index (κ1) is 43.5. The lowest BCUT2D eigenvalue weighted by Crippen LogP contribution is -3.00. The van der Waals surface area contributed by atoms with Gasteiger partial charge < -0.3 is 26.6 Å². The average molecular weight is 581 g/mol. The van der Waals surface area contributed by atoms with Crippen LogP contribution in [-0.4, -0.2) is 43.9 Å². The molecular formula is C33H74BrNO. The summed E-state index contributed by atoms with van der Waals surface area (Å²) >= 11 is 0.